The van der Waals surface area contributed by atoms with Crippen LogP contribution >= 0.6 is 0 Å². The second-order valence-electron chi connectivity index (χ2n) is 9.13. The fraction of sp³-hybridized carbons (Fsp3) is 0.600. The van der Waals surface area contributed by atoms with Gasteiger partial charge in [-0.3, -0.25) is 4.79 Å². The van der Waals surface area contributed by atoms with Crippen molar-refractivity contribution in [3.05, 3.63) is 46.6 Å². The van der Waals surface area contributed by atoms with Gasteiger partial charge < -0.3 is 9.47 Å². The summed E-state index contributed by atoms with van der Waals surface area (Å²) < 4.78 is 10.9. The molecule has 3 aliphatic rings. The Bertz CT molecular complexity index is 783. The Kier molecular flexibility index (Phi) is 6.94. The van der Waals surface area contributed by atoms with Gasteiger partial charge in [0.25, 0.3) is 0 Å². The van der Waals surface area contributed by atoms with Crippen molar-refractivity contribution in [2.45, 2.75) is 72.3 Å². The number of ketones is 1. The largest absolute Gasteiger partial charge is 0.458 e. The summed E-state index contributed by atoms with van der Waals surface area (Å²) in [6.07, 6.45) is 13.7. The van der Waals surface area contributed by atoms with E-state index in [1.165, 1.54) is 16.7 Å². The Morgan fingerprint density at radius 2 is 2.07 bits per heavy atom. The van der Waals surface area contributed by atoms with Gasteiger partial charge in [0.2, 0.25) is 0 Å². The fourth-order valence-electron chi connectivity index (χ4n) is 4.50. The second-order valence-corrected chi connectivity index (χ2v) is 9.13. The van der Waals surface area contributed by atoms with Gasteiger partial charge in [-0.25, -0.2) is 4.79 Å². The van der Waals surface area contributed by atoms with E-state index in [1.54, 1.807) is 6.08 Å². The smallest absolute Gasteiger partial charge is 0.331 e. The minimum Gasteiger partial charge on any atom is -0.458 e. The van der Waals surface area contributed by atoms with Crippen molar-refractivity contribution >= 4 is 11.8 Å². The van der Waals surface area contributed by atoms with Crippen molar-refractivity contribution in [2.75, 3.05) is 13.2 Å². The monoisotopic (exact) mass is 398 g/mol. The van der Waals surface area contributed by atoms with E-state index in [-0.39, 0.29) is 23.3 Å². The molecule has 3 atom stereocenters. The quantitative estimate of drug-likeness (QED) is 0.434. The normalized spacial score (nSPS) is 30.6. The molecule has 2 heterocycles. The first kappa shape index (κ1) is 21.8. The van der Waals surface area contributed by atoms with Gasteiger partial charge >= 0.3 is 5.97 Å². The molecule has 2 aliphatic heterocycles. The summed E-state index contributed by atoms with van der Waals surface area (Å²) in [6, 6.07) is 0. The van der Waals surface area contributed by atoms with Crippen LogP contribution in [0.25, 0.3) is 0 Å². The highest BCUT2D eigenvalue weighted by molar-refractivity contribution is 5.91. The first-order chi connectivity index (χ1) is 13.8. The topological polar surface area (TPSA) is 52.6 Å². The van der Waals surface area contributed by atoms with Gasteiger partial charge in [-0.15, -0.1) is 0 Å². The van der Waals surface area contributed by atoms with Gasteiger partial charge in [-0.2, -0.15) is 0 Å². The van der Waals surface area contributed by atoms with Crippen molar-refractivity contribution in [3.8, 4) is 0 Å². The zero-order valence-electron chi connectivity index (χ0n) is 18.3. The van der Waals surface area contributed by atoms with Crippen LogP contribution in [-0.2, 0) is 19.1 Å². The number of allylic oxidation sites excluding steroid dienone is 4. The average Bonchev–Trinajstić information content (AvgIpc) is 3.11. The summed E-state index contributed by atoms with van der Waals surface area (Å²) in [6.45, 7) is 9.85. The predicted molar refractivity (Wildman–Crippen MR) is 114 cm³/mol. The number of carbonyl (C=O) groups excluding carboxylic acids is 2. The van der Waals surface area contributed by atoms with Crippen LogP contribution in [-0.4, -0.2) is 31.1 Å². The van der Waals surface area contributed by atoms with Gasteiger partial charge in [0.1, 0.15) is 6.61 Å². The Morgan fingerprint density at radius 1 is 1.28 bits per heavy atom. The molecule has 0 saturated heterocycles. The number of hydrogen-bond donors (Lipinski definition) is 0. The summed E-state index contributed by atoms with van der Waals surface area (Å²) in [5.41, 5.74) is 5.07. The van der Waals surface area contributed by atoms with Crippen LogP contribution in [0.4, 0.5) is 0 Å². The molecule has 3 rings (SSSR count). The first-order valence-electron chi connectivity index (χ1n) is 10.8. The highest BCUT2D eigenvalue weighted by atomic mass is 16.5. The molecule has 158 valence electrons. The van der Waals surface area contributed by atoms with Gasteiger partial charge in [0.15, 0.2) is 5.78 Å². The van der Waals surface area contributed by atoms with E-state index in [2.05, 4.69) is 39.8 Å². The molecule has 0 saturated carbocycles. The Hall–Kier alpha value is -1.94. The average molecular weight is 399 g/mol. The molecule has 0 unspecified atom stereocenters. The predicted octanol–water partition coefficient (Wildman–Crippen LogP) is 5.25. The zero-order chi connectivity index (χ0) is 21.0. The van der Waals surface area contributed by atoms with Gasteiger partial charge in [0.05, 0.1) is 12.7 Å². The summed E-state index contributed by atoms with van der Waals surface area (Å²) in [4.78, 5) is 23.0. The maximum atomic E-state index is 11.8. The fourth-order valence-corrected chi connectivity index (χ4v) is 4.50. The Labute approximate surface area is 174 Å². The number of ether oxygens (including phenoxy) is 2. The van der Waals surface area contributed by atoms with Crippen molar-refractivity contribution in [1.82, 2.24) is 0 Å². The molecule has 0 aromatic rings. The molecular weight excluding hydrogens is 364 g/mol. The standard InChI is InChI=1S/C25H34O4/c1-17(10-11-25(4)18(2)12-22(26)13-19(25)3)6-5-7-20-8-9-23(28-15-20)21-14-24(27)29-16-21/h6,8,12,14,19,23H,5,7,9-11,13,15-16H2,1-4H3/b17-6+/t19-,23-,25+/m1/s1. The molecule has 0 N–H and O–H groups in total. The minimum absolute atomic E-state index is 0.0103. The molecule has 4 heteroatoms. The van der Waals surface area contributed by atoms with Crippen molar-refractivity contribution in [2.24, 2.45) is 11.3 Å². The van der Waals surface area contributed by atoms with E-state index in [9.17, 15) is 9.59 Å². The summed E-state index contributed by atoms with van der Waals surface area (Å²) in [5, 5.41) is 0. The van der Waals surface area contributed by atoms with Crippen LogP contribution in [0, 0.1) is 11.3 Å². The van der Waals surface area contributed by atoms with Crippen molar-refractivity contribution in [1.29, 1.82) is 0 Å². The van der Waals surface area contributed by atoms with E-state index in [1.807, 2.05) is 6.08 Å². The number of cyclic esters (lactones) is 1. The molecule has 29 heavy (non-hydrogen) atoms. The van der Waals surface area contributed by atoms with Crippen molar-refractivity contribution < 1.29 is 19.1 Å². The van der Waals surface area contributed by atoms with Crippen LogP contribution in [0.2, 0.25) is 0 Å². The third-order valence-electron chi connectivity index (χ3n) is 7.06. The molecule has 0 fully saturated rings. The minimum atomic E-state index is -0.257. The molecular formula is C25H34O4. The molecule has 0 aromatic carbocycles. The zero-order valence-corrected chi connectivity index (χ0v) is 18.3. The van der Waals surface area contributed by atoms with E-state index in [0.717, 1.165) is 37.7 Å². The lowest BCUT2D eigenvalue weighted by atomic mass is 9.64. The van der Waals surface area contributed by atoms with Crippen LogP contribution in [0.1, 0.15) is 66.2 Å². The summed E-state index contributed by atoms with van der Waals surface area (Å²) >= 11 is 0. The molecule has 1 aliphatic carbocycles. The Morgan fingerprint density at radius 3 is 2.69 bits per heavy atom. The van der Waals surface area contributed by atoms with E-state index >= 15 is 0 Å². The van der Waals surface area contributed by atoms with Crippen molar-refractivity contribution in [3.63, 3.8) is 0 Å². The Balaban J connectivity index is 1.44. The molecule has 0 amide bonds. The van der Waals surface area contributed by atoms with Crippen LogP contribution in [0.15, 0.2) is 46.6 Å². The SMILES string of the molecule is CC1=CC(=O)C[C@@H](C)[C@@]1(C)CC/C(C)=C/CCC1=CC[C@H](C2=CC(=O)OC2)OC1. The lowest BCUT2D eigenvalue weighted by Crippen LogP contribution is -2.32. The van der Waals surface area contributed by atoms with E-state index in [0.29, 0.717) is 25.6 Å². The maximum Gasteiger partial charge on any atom is 0.331 e. The highest BCUT2D eigenvalue weighted by Crippen LogP contribution is 2.44. The lowest BCUT2D eigenvalue weighted by molar-refractivity contribution is -0.135. The molecule has 0 bridgehead atoms. The van der Waals surface area contributed by atoms with Crippen LogP contribution < -0.4 is 0 Å². The first-order valence-corrected chi connectivity index (χ1v) is 10.8. The van der Waals surface area contributed by atoms with Gasteiger partial charge in [-0.1, -0.05) is 37.1 Å². The number of carbonyl (C=O) groups is 2. The van der Waals surface area contributed by atoms with E-state index < -0.39 is 0 Å². The lowest BCUT2D eigenvalue weighted by Gasteiger charge is -2.39. The van der Waals surface area contributed by atoms with E-state index in [4.69, 9.17) is 9.47 Å². The van der Waals surface area contributed by atoms with Crippen LogP contribution in [0.3, 0.4) is 0 Å². The number of rotatable bonds is 7. The molecule has 0 radical (unpaired) electrons. The van der Waals surface area contributed by atoms with Gasteiger partial charge in [0, 0.05) is 18.1 Å². The molecule has 0 aromatic heterocycles. The third-order valence-corrected chi connectivity index (χ3v) is 7.06. The maximum absolute atomic E-state index is 11.8. The molecule has 4 nitrogen and oxygen atoms in total. The highest BCUT2D eigenvalue weighted by Gasteiger charge is 2.36. The van der Waals surface area contributed by atoms with Gasteiger partial charge in [-0.05, 0) is 68.9 Å². The summed E-state index contributed by atoms with van der Waals surface area (Å²) in [5.74, 6) is 0.419. The molecule has 0 spiro atoms. The number of esters is 1. The number of hydrogen-bond acceptors (Lipinski definition) is 4. The third kappa shape index (κ3) is 5.36. The summed E-state index contributed by atoms with van der Waals surface area (Å²) in [7, 11) is 0. The van der Waals surface area contributed by atoms with Crippen LogP contribution in [0.5, 0.6) is 0 Å². The second kappa shape index (κ2) is 9.25.